The average Bonchev–Trinajstić information content (AvgIpc) is 4.00. The molecule has 6 aromatic rings. The highest BCUT2D eigenvalue weighted by molar-refractivity contribution is 5.98. The number of likely N-dealkylation sites (tertiary alicyclic amines) is 1. The topological polar surface area (TPSA) is 152 Å². The number of methoxy groups -OCH3 is 1. The highest BCUT2D eigenvalue weighted by Gasteiger charge is 2.42. The highest BCUT2D eigenvalue weighted by Crippen LogP contribution is 2.39. The summed E-state index contributed by atoms with van der Waals surface area (Å²) in [5.41, 5.74) is 4.43. The summed E-state index contributed by atoms with van der Waals surface area (Å²) in [4.78, 5) is 26.2. The molecule has 0 aliphatic carbocycles. The maximum absolute atomic E-state index is 14.1. The first-order valence-electron chi connectivity index (χ1n) is 17.5. The number of imidazole rings is 1. The van der Waals surface area contributed by atoms with Gasteiger partial charge in [0.2, 0.25) is 5.95 Å². The Bertz CT molecular complexity index is 2070. The van der Waals surface area contributed by atoms with Gasteiger partial charge in [0, 0.05) is 51.1 Å². The van der Waals surface area contributed by atoms with Gasteiger partial charge in [0.05, 0.1) is 29.4 Å². The molecule has 0 spiro atoms. The largest absolute Gasteiger partial charge is 0.496 e. The Kier molecular flexibility index (Phi) is 9.09. The quantitative estimate of drug-likeness (QED) is 0.214. The van der Waals surface area contributed by atoms with Gasteiger partial charge in [0.15, 0.2) is 5.82 Å². The van der Waals surface area contributed by atoms with Gasteiger partial charge >= 0.3 is 0 Å². The molecule has 3 aromatic carbocycles. The molecule has 1 unspecified atom stereocenters. The standard InChI is InChI=1S/C36H41N13O2/c1-51-32-13-12-28(49-26-37-41-44-49)24-29(32)34(50)47-21-16-36(25-47,27-8-3-2-4-9-27)15-20-45-17-7-18-46(23-22-45)35-38-30-10-5-6-11-31(30)48(35)19-14-33-39-42-43-40-33/h2-6,8-13,24,26H,7,14-23,25H2,1H3,(H,39,40,42,43). The van der Waals surface area contributed by atoms with Crippen molar-refractivity contribution in [3.8, 4) is 11.4 Å². The first-order valence-corrected chi connectivity index (χ1v) is 17.5. The summed E-state index contributed by atoms with van der Waals surface area (Å²) in [6.07, 6.45) is 5.06. The van der Waals surface area contributed by atoms with Gasteiger partial charge in [-0.25, -0.2) is 9.67 Å². The lowest BCUT2D eigenvalue weighted by molar-refractivity contribution is 0.0777. The lowest BCUT2D eigenvalue weighted by Gasteiger charge is -2.33. The van der Waals surface area contributed by atoms with Crippen LogP contribution in [0.3, 0.4) is 0 Å². The number of benzene rings is 3. The van der Waals surface area contributed by atoms with E-state index in [1.54, 1.807) is 17.9 Å². The Morgan fingerprint density at radius 2 is 1.84 bits per heavy atom. The minimum absolute atomic E-state index is 0.0489. The van der Waals surface area contributed by atoms with Gasteiger partial charge in [-0.1, -0.05) is 47.7 Å². The molecular formula is C36H41N13O2. The number of carbonyl (C=O) groups excluding carboxylic acids is 1. The van der Waals surface area contributed by atoms with E-state index in [9.17, 15) is 4.79 Å². The molecule has 51 heavy (non-hydrogen) atoms. The smallest absolute Gasteiger partial charge is 0.257 e. The van der Waals surface area contributed by atoms with E-state index in [1.165, 1.54) is 11.9 Å². The van der Waals surface area contributed by atoms with Crippen LogP contribution in [0.2, 0.25) is 0 Å². The maximum Gasteiger partial charge on any atom is 0.257 e. The van der Waals surface area contributed by atoms with Crippen molar-refractivity contribution in [2.24, 2.45) is 0 Å². The van der Waals surface area contributed by atoms with Gasteiger partial charge in [0.1, 0.15) is 12.1 Å². The third-order valence-corrected chi connectivity index (χ3v) is 10.4. The number of hydrogen-bond acceptors (Lipinski definition) is 11. The van der Waals surface area contributed by atoms with E-state index in [0.717, 1.165) is 75.5 Å². The number of nitrogens with one attached hydrogen (secondary N) is 1. The van der Waals surface area contributed by atoms with Gasteiger partial charge in [-0.05, 0) is 78.7 Å². The molecule has 0 bridgehead atoms. The Hall–Kier alpha value is -5.70. The molecule has 0 saturated carbocycles. The number of aryl methyl sites for hydroxylation is 2. The van der Waals surface area contributed by atoms with Crippen LogP contribution in [0, 0.1) is 0 Å². The molecule has 1 N–H and O–H groups in total. The summed E-state index contributed by atoms with van der Waals surface area (Å²) in [6, 6.07) is 24.5. The van der Waals surface area contributed by atoms with Crippen molar-refractivity contribution < 1.29 is 9.53 Å². The molecule has 15 heteroatoms. The Morgan fingerprint density at radius 3 is 2.67 bits per heavy atom. The zero-order valence-corrected chi connectivity index (χ0v) is 28.7. The SMILES string of the molecule is COc1ccc(-n2cnnn2)cc1C(=O)N1CCC(CCN2CCCN(c3nc4ccccc4n3CCc3nn[nH]n3)CC2)(c2ccccc2)C1. The number of aromatic amines is 1. The number of H-pyrrole nitrogens is 1. The number of anilines is 1. The second kappa shape index (κ2) is 14.3. The molecule has 2 aliphatic heterocycles. The molecule has 8 rings (SSSR count). The summed E-state index contributed by atoms with van der Waals surface area (Å²) in [5.74, 6) is 2.17. The predicted octanol–water partition coefficient (Wildman–Crippen LogP) is 3.16. The van der Waals surface area contributed by atoms with Crippen LogP contribution >= 0.6 is 0 Å². The fourth-order valence-corrected chi connectivity index (χ4v) is 7.67. The number of fused-ring (bicyclic) bond motifs is 1. The summed E-state index contributed by atoms with van der Waals surface area (Å²) < 4.78 is 9.47. The van der Waals surface area contributed by atoms with Crippen LogP contribution in [0.4, 0.5) is 5.95 Å². The first-order chi connectivity index (χ1) is 25.1. The third kappa shape index (κ3) is 6.64. The maximum atomic E-state index is 14.1. The fraction of sp³-hybridized carbons (Fsp3) is 0.389. The number of carbonyl (C=O) groups is 1. The van der Waals surface area contributed by atoms with Crippen LogP contribution in [0.1, 0.15) is 41.0 Å². The van der Waals surface area contributed by atoms with Crippen LogP contribution in [0.5, 0.6) is 5.75 Å². The predicted molar refractivity (Wildman–Crippen MR) is 190 cm³/mol. The fourth-order valence-electron chi connectivity index (χ4n) is 7.67. The molecule has 1 atom stereocenters. The zero-order valence-electron chi connectivity index (χ0n) is 28.7. The molecular weight excluding hydrogens is 646 g/mol. The van der Waals surface area contributed by atoms with E-state index in [4.69, 9.17) is 9.72 Å². The van der Waals surface area contributed by atoms with E-state index < -0.39 is 0 Å². The molecule has 0 radical (unpaired) electrons. The molecule has 262 valence electrons. The van der Waals surface area contributed by atoms with E-state index in [1.807, 2.05) is 23.1 Å². The van der Waals surface area contributed by atoms with Gasteiger partial charge < -0.3 is 24.0 Å². The minimum Gasteiger partial charge on any atom is -0.496 e. The third-order valence-electron chi connectivity index (χ3n) is 10.4. The Balaban J connectivity index is 0.976. The van der Waals surface area contributed by atoms with E-state index in [2.05, 4.69) is 99.0 Å². The van der Waals surface area contributed by atoms with Gasteiger partial charge in [-0.2, -0.15) is 5.21 Å². The first kappa shape index (κ1) is 32.5. The zero-order chi connectivity index (χ0) is 34.6. The normalized spacial score (nSPS) is 18.4. The lowest BCUT2D eigenvalue weighted by atomic mass is 9.76. The van der Waals surface area contributed by atoms with Crippen molar-refractivity contribution in [2.75, 3.05) is 57.8 Å². The second-order valence-electron chi connectivity index (χ2n) is 13.3. The Labute approximate surface area is 295 Å². The molecule has 2 fully saturated rings. The van der Waals surface area contributed by atoms with Crippen molar-refractivity contribution in [1.82, 2.24) is 60.2 Å². The number of ether oxygens (including phenoxy) is 1. The molecule has 1 amide bonds. The molecule has 15 nitrogen and oxygen atoms in total. The molecule has 2 saturated heterocycles. The van der Waals surface area contributed by atoms with Gasteiger partial charge in [0.25, 0.3) is 5.91 Å². The monoisotopic (exact) mass is 687 g/mol. The number of aromatic nitrogens is 10. The number of amides is 1. The van der Waals surface area contributed by atoms with Crippen LogP contribution in [0.15, 0.2) is 79.1 Å². The van der Waals surface area contributed by atoms with Crippen molar-refractivity contribution in [3.63, 3.8) is 0 Å². The van der Waals surface area contributed by atoms with Crippen LogP contribution in [0.25, 0.3) is 16.7 Å². The van der Waals surface area contributed by atoms with Crippen molar-refractivity contribution in [3.05, 3.63) is 96.1 Å². The lowest BCUT2D eigenvalue weighted by Crippen LogP contribution is -2.39. The molecule has 2 aliphatic rings. The van der Waals surface area contributed by atoms with Gasteiger partial charge in [-0.15, -0.1) is 15.3 Å². The second-order valence-corrected chi connectivity index (χ2v) is 13.3. The number of hydrogen-bond donors (Lipinski definition) is 1. The summed E-state index contributed by atoms with van der Waals surface area (Å²) in [5, 5.41) is 26.1. The van der Waals surface area contributed by atoms with Crippen LogP contribution in [-0.4, -0.2) is 119 Å². The van der Waals surface area contributed by atoms with E-state index in [0.29, 0.717) is 42.3 Å². The van der Waals surface area contributed by atoms with Crippen molar-refractivity contribution in [2.45, 2.75) is 37.6 Å². The van der Waals surface area contributed by atoms with E-state index in [-0.39, 0.29) is 11.3 Å². The van der Waals surface area contributed by atoms with Crippen molar-refractivity contribution in [1.29, 1.82) is 0 Å². The average molecular weight is 688 g/mol. The summed E-state index contributed by atoms with van der Waals surface area (Å²) in [7, 11) is 1.59. The number of rotatable bonds is 11. The van der Waals surface area contributed by atoms with E-state index >= 15 is 0 Å². The number of nitrogens with zero attached hydrogens (tertiary/aromatic N) is 12. The summed E-state index contributed by atoms with van der Waals surface area (Å²) >= 11 is 0. The number of tetrazole rings is 2. The van der Waals surface area contributed by atoms with Crippen LogP contribution in [-0.2, 0) is 18.4 Å². The molecule has 5 heterocycles. The highest BCUT2D eigenvalue weighted by atomic mass is 16.5. The van der Waals surface area contributed by atoms with Crippen molar-refractivity contribution >= 4 is 22.9 Å². The molecule has 3 aromatic heterocycles. The minimum atomic E-state index is -0.160. The van der Waals surface area contributed by atoms with Gasteiger partial charge in [-0.3, -0.25) is 4.79 Å². The Morgan fingerprint density at radius 1 is 0.961 bits per heavy atom. The number of para-hydroxylation sites is 2. The summed E-state index contributed by atoms with van der Waals surface area (Å²) in [6.45, 7) is 6.72. The van der Waals surface area contributed by atoms with Crippen LogP contribution < -0.4 is 9.64 Å².